The summed E-state index contributed by atoms with van der Waals surface area (Å²) in [6, 6.07) is -1.13. The van der Waals surface area contributed by atoms with Crippen molar-refractivity contribution in [3.05, 3.63) is 23.3 Å². The molecule has 1 amide bonds. The van der Waals surface area contributed by atoms with Gasteiger partial charge < -0.3 is 47.6 Å². The quantitative estimate of drug-likeness (QED) is 0.0867. The number of esters is 1. The van der Waals surface area contributed by atoms with Gasteiger partial charge in [-0.25, -0.2) is 4.79 Å². The van der Waals surface area contributed by atoms with Gasteiger partial charge in [0.2, 0.25) is 5.79 Å². The van der Waals surface area contributed by atoms with E-state index in [2.05, 4.69) is 80.7 Å². The number of methoxy groups -OCH3 is 3. The number of carbonyl (C=O) groups is 4. The average molecular weight is 1040 g/mol. The predicted molar refractivity (Wildman–Crippen MR) is 282 cm³/mol. The summed E-state index contributed by atoms with van der Waals surface area (Å²) in [5.74, 6) is -6.89. The lowest BCUT2D eigenvalue weighted by Gasteiger charge is -2.47. The van der Waals surface area contributed by atoms with Crippen molar-refractivity contribution in [3.63, 3.8) is 0 Å². The molecule has 0 aromatic carbocycles. The van der Waals surface area contributed by atoms with Crippen LogP contribution in [-0.4, -0.2) is 144 Å². The SMILES string of the molecule is CO[C@H]1C[C@@H](C)CC(C)C=C(CCO)C(=O)C[C@H](O[Si](C)(C)C(C)(C)C)[C@@H](C)C(C(C)=CC2CC[C@@H](O[Si](C)(C)C(C)(C)C)[C@H](OC)C2)OC(=O)C2CCCCN2C(=O)C(=O)[C@]2(O)O[C@H]1[C@@H](OC)C[C@H]2C. The molecule has 0 radical (unpaired) electrons. The molecule has 16 heteroatoms. The fraction of sp³-hybridized carbons (Fsp3) is 0.855. The number of piperidine rings is 1. The lowest BCUT2D eigenvalue weighted by Crippen LogP contribution is -2.64. The average Bonchev–Trinajstić information content (AvgIpc) is 3.28. The first kappa shape index (κ1) is 61.4. The van der Waals surface area contributed by atoms with Crippen LogP contribution >= 0.6 is 0 Å². The van der Waals surface area contributed by atoms with Crippen LogP contribution in [0.1, 0.15) is 147 Å². The highest BCUT2D eigenvalue weighted by atomic mass is 28.4. The van der Waals surface area contributed by atoms with Crippen molar-refractivity contribution in [3.8, 4) is 0 Å². The topological polar surface area (TPSA) is 177 Å². The molecule has 4 unspecified atom stereocenters. The number of carbonyl (C=O) groups excluding carboxylic acids is 4. The minimum absolute atomic E-state index is 0.00670. The summed E-state index contributed by atoms with van der Waals surface area (Å²) in [4.78, 5) is 60.3. The van der Waals surface area contributed by atoms with Crippen molar-refractivity contribution in [2.45, 2.75) is 238 Å². The minimum atomic E-state index is -2.60. The summed E-state index contributed by atoms with van der Waals surface area (Å²) >= 11 is 0. The summed E-state index contributed by atoms with van der Waals surface area (Å²) in [5, 5.41) is 22.4. The van der Waals surface area contributed by atoms with E-state index in [0.29, 0.717) is 37.7 Å². The van der Waals surface area contributed by atoms with Crippen LogP contribution in [0.15, 0.2) is 23.3 Å². The number of Topliss-reactive ketones (excluding diaryl/α,β-unsaturated/α-hetero) is 2. The lowest BCUT2D eigenvalue weighted by atomic mass is 9.81. The number of aliphatic hydroxyl groups excluding tert-OH is 1. The van der Waals surface area contributed by atoms with Gasteiger partial charge in [0.25, 0.3) is 11.7 Å². The van der Waals surface area contributed by atoms with Crippen LogP contribution in [0.25, 0.3) is 0 Å². The van der Waals surface area contributed by atoms with E-state index in [-0.39, 0.29) is 84.7 Å². The molecule has 2 saturated heterocycles. The molecule has 3 fully saturated rings. The van der Waals surface area contributed by atoms with E-state index in [0.717, 1.165) is 18.4 Å². The van der Waals surface area contributed by atoms with Crippen molar-refractivity contribution in [1.82, 2.24) is 4.90 Å². The number of cyclic esters (lactones) is 1. The Morgan fingerprint density at radius 2 is 1.37 bits per heavy atom. The molecule has 1 saturated carbocycles. The highest BCUT2D eigenvalue weighted by Crippen LogP contribution is 2.44. The maximum atomic E-state index is 15.0. The molecular formula is C55H97NO13Si2. The molecule has 408 valence electrons. The molecule has 2 bridgehead atoms. The number of ketones is 2. The van der Waals surface area contributed by atoms with E-state index in [1.165, 1.54) is 4.90 Å². The largest absolute Gasteiger partial charge is 0.456 e. The molecule has 14 nitrogen and oxygen atoms in total. The van der Waals surface area contributed by atoms with E-state index in [1.807, 2.05) is 26.8 Å². The molecule has 1 aliphatic carbocycles. The number of nitrogens with zero attached hydrogens (tertiary/aromatic N) is 1. The van der Waals surface area contributed by atoms with Crippen molar-refractivity contribution in [2.75, 3.05) is 34.5 Å². The third-order valence-electron chi connectivity index (χ3n) is 17.3. The van der Waals surface area contributed by atoms with Gasteiger partial charge in [0.15, 0.2) is 22.4 Å². The van der Waals surface area contributed by atoms with E-state index in [4.69, 9.17) is 32.5 Å². The Kier molecular flexibility index (Phi) is 21.8. The molecule has 3 aliphatic heterocycles. The molecule has 71 heavy (non-hydrogen) atoms. The van der Waals surface area contributed by atoms with Crippen LogP contribution in [0.5, 0.6) is 0 Å². The normalized spacial score (nSPS) is 35.6. The standard InChI is InChI=1S/C55H97NO13Si2/c1-34-27-35(2)29-46(64-13)49-47(65-14)31-37(4)55(62,67-49)50(59)51(60)56-25-20-19-21-41(56)52(61)66-48(36(3)30-39-22-23-43(45(32-39)63-12)68-70(15,16)53(6,7)8)38(5)44(69-71(17,18)54(9,10)11)33-42(58)40(28-34)24-26-57/h28,30,34-35,37-39,41,43-49,57,62H,19-27,29,31-33H2,1-18H3/t34?,35-,37+,38+,39?,41?,43+,44-,45+,46-,47-,48?,49+,55+/m0/s1. The lowest BCUT2D eigenvalue weighted by molar-refractivity contribution is -0.302. The summed E-state index contributed by atoms with van der Waals surface area (Å²) in [6.07, 6.45) is 5.44. The Balaban J connectivity index is 1.89. The first-order valence-electron chi connectivity index (χ1n) is 26.8. The number of rotatable bonds is 11. The minimum Gasteiger partial charge on any atom is -0.456 e. The molecule has 0 spiro atoms. The zero-order valence-corrected chi connectivity index (χ0v) is 49.2. The number of hydrogen-bond donors (Lipinski definition) is 2. The Bertz CT molecular complexity index is 1870. The van der Waals surface area contributed by atoms with Crippen LogP contribution in [0.3, 0.4) is 0 Å². The van der Waals surface area contributed by atoms with E-state index in [1.54, 1.807) is 28.3 Å². The molecular weight excluding hydrogens is 939 g/mol. The number of aliphatic hydroxyl groups is 2. The number of amides is 1. The molecule has 0 aromatic heterocycles. The summed E-state index contributed by atoms with van der Waals surface area (Å²) in [7, 11) is 0.130. The van der Waals surface area contributed by atoms with Crippen molar-refractivity contribution >= 4 is 40.1 Å². The summed E-state index contributed by atoms with van der Waals surface area (Å²) in [5.41, 5.74) is 1.30. The Morgan fingerprint density at radius 3 is 1.93 bits per heavy atom. The van der Waals surface area contributed by atoms with Crippen molar-refractivity contribution in [1.29, 1.82) is 0 Å². The van der Waals surface area contributed by atoms with Gasteiger partial charge in [-0.05, 0) is 136 Å². The van der Waals surface area contributed by atoms with Crippen LogP contribution in [-0.2, 0) is 51.7 Å². The second-order valence-electron chi connectivity index (χ2n) is 25.0. The highest BCUT2D eigenvalue weighted by Gasteiger charge is 2.57. The fourth-order valence-electron chi connectivity index (χ4n) is 10.8. The monoisotopic (exact) mass is 1040 g/mol. The van der Waals surface area contributed by atoms with Gasteiger partial charge in [-0.1, -0.05) is 81.4 Å². The second kappa shape index (κ2) is 25.1. The number of hydrogen-bond acceptors (Lipinski definition) is 13. The van der Waals surface area contributed by atoms with Gasteiger partial charge >= 0.3 is 5.97 Å². The third kappa shape index (κ3) is 15.1. The van der Waals surface area contributed by atoms with Gasteiger partial charge in [-0.15, -0.1) is 0 Å². The zero-order valence-electron chi connectivity index (χ0n) is 47.2. The highest BCUT2D eigenvalue weighted by molar-refractivity contribution is 6.74. The van der Waals surface area contributed by atoms with Gasteiger partial charge in [-0.2, -0.15) is 0 Å². The van der Waals surface area contributed by atoms with E-state index >= 15 is 4.79 Å². The zero-order chi connectivity index (χ0) is 53.6. The molecule has 14 atom stereocenters. The fourth-order valence-corrected chi connectivity index (χ4v) is 13.6. The van der Waals surface area contributed by atoms with Crippen molar-refractivity contribution in [2.24, 2.45) is 29.6 Å². The van der Waals surface area contributed by atoms with Crippen LogP contribution in [0, 0.1) is 29.6 Å². The number of fused-ring (bicyclic) bond motifs is 3. The van der Waals surface area contributed by atoms with E-state index < -0.39 is 88.5 Å². The van der Waals surface area contributed by atoms with Crippen LogP contribution in [0.4, 0.5) is 0 Å². The molecule has 2 N–H and O–H groups in total. The first-order valence-corrected chi connectivity index (χ1v) is 32.6. The number of allylic oxidation sites excluding steroid dienone is 2. The maximum absolute atomic E-state index is 15.0. The Labute approximate surface area is 430 Å². The first-order chi connectivity index (χ1) is 32.9. The van der Waals surface area contributed by atoms with Crippen LogP contribution in [0.2, 0.25) is 36.3 Å². The second-order valence-corrected chi connectivity index (χ2v) is 34.5. The van der Waals surface area contributed by atoms with Gasteiger partial charge in [0.05, 0.1) is 30.5 Å². The Morgan fingerprint density at radius 1 is 0.789 bits per heavy atom. The smallest absolute Gasteiger partial charge is 0.329 e. The van der Waals surface area contributed by atoms with Crippen molar-refractivity contribution < 1.29 is 61.9 Å². The third-order valence-corrected chi connectivity index (χ3v) is 26.3. The molecule has 0 aromatic rings. The molecule has 4 aliphatic rings. The maximum Gasteiger partial charge on any atom is 0.329 e. The van der Waals surface area contributed by atoms with Gasteiger partial charge in [0, 0.05) is 52.7 Å². The molecule has 3 heterocycles. The summed E-state index contributed by atoms with van der Waals surface area (Å²) < 4.78 is 45.3. The summed E-state index contributed by atoms with van der Waals surface area (Å²) in [6.45, 7) is 31.6. The number of ether oxygens (including phenoxy) is 5. The van der Waals surface area contributed by atoms with E-state index in [9.17, 15) is 24.6 Å². The Hall–Kier alpha value is -2.13. The van der Waals surface area contributed by atoms with Gasteiger partial charge in [-0.3, -0.25) is 14.4 Å². The molecule has 4 rings (SSSR count). The van der Waals surface area contributed by atoms with Gasteiger partial charge in [0.1, 0.15) is 18.2 Å². The van der Waals surface area contributed by atoms with Crippen LogP contribution < -0.4 is 0 Å². The predicted octanol–water partition coefficient (Wildman–Crippen LogP) is 9.50.